The van der Waals surface area contributed by atoms with E-state index < -0.39 is 29.4 Å². The first kappa shape index (κ1) is 20.5. The maximum absolute atomic E-state index is 15.4. The Morgan fingerprint density at radius 2 is 2.14 bits per heavy atom. The summed E-state index contributed by atoms with van der Waals surface area (Å²) in [7, 11) is 0. The average Bonchev–Trinajstić information content (AvgIpc) is 3.11. The quantitative estimate of drug-likeness (QED) is 0.800. The number of amides is 1. The Morgan fingerprint density at radius 3 is 2.75 bits per heavy atom. The maximum atomic E-state index is 15.4. The van der Waals surface area contributed by atoms with Crippen molar-refractivity contribution in [3.63, 3.8) is 0 Å². The number of carboxylic acid groups (broad SMARTS) is 1. The van der Waals surface area contributed by atoms with E-state index in [0.717, 1.165) is 0 Å². The van der Waals surface area contributed by atoms with Crippen molar-refractivity contribution < 1.29 is 23.8 Å². The van der Waals surface area contributed by atoms with Gasteiger partial charge in [0, 0.05) is 13.0 Å². The molecule has 0 radical (unpaired) electrons. The van der Waals surface area contributed by atoms with Crippen molar-refractivity contribution in [2.75, 3.05) is 6.54 Å². The van der Waals surface area contributed by atoms with Crippen LogP contribution >= 0.6 is 0 Å². The number of aromatic nitrogens is 4. The number of H-pyrrole nitrogens is 1. The number of aromatic amines is 1. The Bertz CT molecular complexity index is 707. The third-order valence-electron chi connectivity index (χ3n) is 5.69. The van der Waals surface area contributed by atoms with E-state index in [1.165, 1.54) is 4.90 Å². The number of halogens is 1. The highest BCUT2D eigenvalue weighted by molar-refractivity contribution is 5.80. The molecule has 1 aromatic rings. The van der Waals surface area contributed by atoms with Crippen molar-refractivity contribution in [3.8, 4) is 0 Å². The monoisotopic (exact) mass is 397 g/mol. The van der Waals surface area contributed by atoms with Gasteiger partial charge in [0.05, 0.1) is 0 Å². The third kappa shape index (κ3) is 4.77. The van der Waals surface area contributed by atoms with Crippen molar-refractivity contribution in [2.24, 2.45) is 11.8 Å². The number of alkyl halides is 1. The molecule has 156 valence electrons. The third-order valence-corrected chi connectivity index (χ3v) is 5.69. The Labute approximate surface area is 163 Å². The fourth-order valence-electron chi connectivity index (χ4n) is 4.34. The molecule has 1 aliphatic heterocycles. The molecule has 1 amide bonds. The molecule has 10 heteroatoms. The average molecular weight is 397 g/mol. The second-order valence-corrected chi connectivity index (χ2v) is 8.96. The summed E-state index contributed by atoms with van der Waals surface area (Å²) in [5.74, 6) is -0.602. The molecule has 2 fully saturated rings. The zero-order valence-electron chi connectivity index (χ0n) is 16.5. The summed E-state index contributed by atoms with van der Waals surface area (Å²) in [6.45, 7) is 5.52. The second-order valence-electron chi connectivity index (χ2n) is 8.96. The number of piperidine rings is 1. The molecule has 0 bridgehead atoms. The van der Waals surface area contributed by atoms with E-state index in [9.17, 15) is 14.7 Å². The minimum atomic E-state index is -1.38. The lowest BCUT2D eigenvalue weighted by molar-refractivity contribution is -0.147. The number of nitrogens with zero attached hydrogens (tertiary/aromatic N) is 4. The number of carbonyl (C=O) groups excluding carboxylic acids is 1. The number of nitrogens with one attached hydrogen (secondary N) is 1. The number of hydrogen-bond acceptors (Lipinski definition) is 6. The molecule has 0 spiro atoms. The molecule has 1 saturated carbocycles. The van der Waals surface area contributed by atoms with E-state index in [0.29, 0.717) is 31.5 Å². The standard InChI is InChI=1S/C18H28FN5O4/c1-17(2,3)28-16(27)24-10-11-4-6-18(19,7-5-14-20-22-23-21-14)9-12(11)8-13(24)15(25)26/h11-13H,4-10H2,1-3H3,(H,25,26)(H,20,21,22,23). The summed E-state index contributed by atoms with van der Waals surface area (Å²) in [6, 6.07) is -0.990. The molecule has 3 rings (SSSR count). The van der Waals surface area contributed by atoms with Crippen LogP contribution < -0.4 is 0 Å². The lowest BCUT2D eigenvalue weighted by Crippen LogP contribution is -2.56. The second kappa shape index (κ2) is 7.63. The van der Waals surface area contributed by atoms with E-state index in [1.807, 2.05) is 0 Å². The minimum absolute atomic E-state index is 0.0798. The van der Waals surface area contributed by atoms with Crippen LogP contribution in [0.5, 0.6) is 0 Å². The Kier molecular flexibility index (Phi) is 5.58. The first-order valence-electron chi connectivity index (χ1n) is 9.70. The van der Waals surface area contributed by atoms with Crippen LogP contribution in [0, 0.1) is 11.8 Å². The van der Waals surface area contributed by atoms with Crippen LogP contribution in [0.2, 0.25) is 0 Å². The highest BCUT2D eigenvalue weighted by Crippen LogP contribution is 2.46. The number of carboxylic acids is 1. The number of likely N-dealkylation sites (tertiary alicyclic amines) is 1. The molecule has 1 saturated heterocycles. The Hall–Kier alpha value is -2.26. The van der Waals surface area contributed by atoms with Gasteiger partial charge in [0.15, 0.2) is 5.82 Å². The predicted octanol–water partition coefficient (Wildman–Crippen LogP) is 2.35. The summed E-state index contributed by atoms with van der Waals surface area (Å²) in [6.07, 6.45) is 1.58. The van der Waals surface area contributed by atoms with Gasteiger partial charge in [-0.25, -0.2) is 14.0 Å². The lowest BCUT2D eigenvalue weighted by Gasteiger charge is -2.48. The van der Waals surface area contributed by atoms with Crippen molar-refractivity contribution >= 4 is 12.1 Å². The van der Waals surface area contributed by atoms with Gasteiger partial charge in [0.1, 0.15) is 17.3 Å². The van der Waals surface area contributed by atoms with Gasteiger partial charge in [-0.3, -0.25) is 4.90 Å². The molecule has 4 unspecified atom stereocenters. The smallest absolute Gasteiger partial charge is 0.411 e. The number of hydrogen-bond donors (Lipinski definition) is 2. The van der Waals surface area contributed by atoms with E-state index in [4.69, 9.17) is 4.74 Å². The van der Waals surface area contributed by atoms with Crippen LogP contribution in [-0.4, -0.2) is 66.5 Å². The summed E-state index contributed by atoms with van der Waals surface area (Å²) >= 11 is 0. The minimum Gasteiger partial charge on any atom is -0.480 e. The highest BCUT2D eigenvalue weighted by Gasteiger charge is 2.48. The van der Waals surface area contributed by atoms with Crippen LogP contribution in [0.15, 0.2) is 0 Å². The van der Waals surface area contributed by atoms with Crippen LogP contribution in [0.1, 0.15) is 58.7 Å². The Morgan fingerprint density at radius 1 is 1.39 bits per heavy atom. The van der Waals surface area contributed by atoms with Gasteiger partial charge >= 0.3 is 12.1 Å². The number of rotatable bonds is 4. The van der Waals surface area contributed by atoms with Gasteiger partial charge in [-0.05, 0) is 64.7 Å². The number of tetrazole rings is 1. The van der Waals surface area contributed by atoms with Gasteiger partial charge in [0.25, 0.3) is 0 Å². The van der Waals surface area contributed by atoms with Gasteiger partial charge in [-0.15, -0.1) is 10.2 Å². The van der Waals surface area contributed by atoms with E-state index in [2.05, 4.69) is 20.6 Å². The molecule has 2 aliphatic rings. The lowest BCUT2D eigenvalue weighted by atomic mass is 9.67. The zero-order chi connectivity index (χ0) is 20.5. The van der Waals surface area contributed by atoms with E-state index in [-0.39, 0.29) is 31.2 Å². The fraction of sp³-hybridized carbons (Fsp3) is 0.833. The summed E-state index contributed by atoms with van der Waals surface area (Å²) < 4.78 is 20.8. The van der Waals surface area contributed by atoms with Crippen LogP contribution in [0.3, 0.4) is 0 Å². The molecule has 2 N–H and O–H groups in total. The molecular weight excluding hydrogens is 369 g/mol. The van der Waals surface area contributed by atoms with Crippen molar-refractivity contribution in [1.82, 2.24) is 25.5 Å². The maximum Gasteiger partial charge on any atom is 0.411 e. The van der Waals surface area contributed by atoms with Crippen molar-refractivity contribution in [1.29, 1.82) is 0 Å². The first-order chi connectivity index (χ1) is 13.1. The summed E-state index contributed by atoms with van der Waals surface area (Å²) in [5.41, 5.74) is -2.08. The molecule has 1 aliphatic carbocycles. The molecule has 1 aromatic heterocycles. The fourth-order valence-corrected chi connectivity index (χ4v) is 4.34. The predicted molar refractivity (Wildman–Crippen MR) is 96.1 cm³/mol. The highest BCUT2D eigenvalue weighted by atomic mass is 19.1. The van der Waals surface area contributed by atoms with E-state index in [1.54, 1.807) is 20.8 Å². The largest absolute Gasteiger partial charge is 0.480 e. The van der Waals surface area contributed by atoms with Crippen LogP contribution in [-0.2, 0) is 16.0 Å². The number of aryl methyl sites for hydroxylation is 1. The molecule has 4 atom stereocenters. The summed E-state index contributed by atoms with van der Waals surface area (Å²) in [4.78, 5) is 25.6. The van der Waals surface area contributed by atoms with Crippen molar-refractivity contribution in [3.05, 3.63) is 5.82 Å². The normalized spacial score (nSPS) is 30.6. The number of aliphatic carboxylic acids is 1. The van der Waals surface area contributed by atoms with Crippen molar-refractivity contribution in [2.45, 2.75) is 76.6 Å². The molecule has 0 aromatic carbocycles. The number of ether oxygens (including phenoxy) is 1. The Balaban J connectivity index is 1.66. The van der Waals surface area contributed by atoms with E-state index >= 15 is 4.39 Å². The summed E-state index contributed by atoms with van der Waals surface area (Å²) in [5, 5.41) is 23.2. The SMILES string of the molecule is CC(C)(C)OC(=O)N1CC2CCC(F)(CCc3nn[nH]n3)CC2CC1C(=O)O. The molecular formula is C18H28FN5O4. The number of fused-ring (bicyclic) bond motifs is 1. The topological polar surface area (TPSA) is 121 Å². The van der Waals surface area contributed by atoms with Gasteiger partial charge in [0.2, 0.25) is 0 Å². The van der Waals surface area contributed by atoms with Gasteiger partial charge in [-0.2, -0.15) is 5.21 Å². The first-order valence-corrected chi connectivity index (χ1v) is 9.70. The molecule has 28 heavy (non-hydrogen) atoms. The van der Waals surface area contributed by atoms with Crippen LogP contribution in [0.4, 0.5) is 9.18 Å². The van der Waals surface area contributed by atoms with Crippen LogP contribution in [0.25, 0.3) is 0 Å². The molecule has 9 nitrogen and oxygen atoms in total. The van der Waals surface area contributed by atoms with Gasteiger partial charge < -0.3 is 9.84 Å². The number of carbonyl (C=O) groups is 2. The van der Waals surface area contributed by atoms with Gasteiger partial charge in [-0.1, -0.05) is 5.21 Å². The molecule has 2 heterocycles. The zero-order valence-corrected chi connectivity index (χ0v) is 16.5.